The maximum Gasteiger partial charge on any atom is 0.258 e. The van der Waals surface area contributed by atoms with Gasteiger partial charge in [-0.05, 0) is 36.4 Å². The molecule has 0 fully saturated rings. The van der Waals surface area contributed by atoms with Gasteiger partial charge in [0.2, 0.25) is 0 Å². The number of anilines is 2. The van der Waals surface area contributed by atoms with Gasteiger partial charge in [0.25, 0.3) is 11.8 Å². The Labute approximate surface area is 137 Å². The topological polar surface area (TPSA) is 96.9 Å². The van der Waals surface area contributed by atoms with Crippen LogP contribution in [0.4, 0.5) is 11.6 Å². The molecule has 118 valence electrons. The number of rotatable bonds is 4. The van der Waals surface area contributed by atoms with E-state index in [1.807, 2.05) is 0 Å². The first-order valence-electron chi connectivity index (χ1n) is 7.12. The quantitative estimate of drug-likeness (QED) is 0.769. The largest absolute Gasteiger partial charge is 0.306 e. The van der Waals surface area contributed by atoms with E-state index in [9.17, 15) is 9.59 Å². The van der Waals surface area contributed by atoms with Gasteiger partial charge in [-0.25, -0.2) is 4.98 Å². The number of aromatic nitrogens is 3. The summed E-state index contributed by atoms with van der Waals surface area (Å²) in [4.78, 5) is 36.2. The summed E-state index contributed by atoms with van der Waals surface area (Å²) in [6, 6.07) is 11.6. The summed E-state index contributed by atoms with van der Waals surface area (Å²) in [6.45, 7) is 0. The van der Waals surface area contributed by atoms with Crippen LogP contribution in [0.25, 0.3) is 0 Å². The first kappa shape index (κ1) is 15.3. The zero-order valence-corrected chi connectivity index (χ0v) is 12.5. The fraction of sp³-hybridized carbons (Fsp3) is 0. The Bertz CT molecular complexity index is 784. The lowest BCUT2D eigenvalue weighted by molar-refractivity contribution is 0.101. The van der Waals surface area contributed by atoms with Crippen molar-refractivity contribution in [3.05, 3.63) is 78.4 Å². The highest BCUT2D eigenvalue weighted by Gasteiger charge is 2.09. The van der Waals surface area contributed by atoms with E-state index in [1.165, 1.54) is 12.4 Å². The van der Waals surface area contributed by atoms with E-state index < -0.39 is 0 Å². The third kappa shape index (κ3) is 3.77. The summed E-state index contributed by atoms with van der Waals surface area (Å²) in [7, 11) is 0. The van der Waals surface area contributed by atoms with Crippen LogP contribution >= 0.6 is 0 Å². The van der Waals surface area contributed by atoms with Crippen LogP contribution in [0.1, 0.15) is 20.7 Å². The summed E-state index contributed by atoms with van der Waals surface area (Å²) in [6.07, 6.45) is 6.10. The molecule has 0 radical (unpaired) electrons. The molecule has 0 aliphatic carbocycles. The van der Waals surface area contributed by atoms with Gasteiger partial charge in [-0.15, -0.1) is 0 Å². The van der Waals surface area contributed by atoms with E-state index in [1.54, 1.807) is 54.9 Å². The van der Waals surface area contributed by atoms with Crippen molar-refractivity contribution in [2.24, 2.45) is 0 Å². The second kappa shape index (κ2) is 7.10. The molecular formula is C17H13N5O2. The molecule has 24 heavy (non-hydrogen) atoms. The molecule has 0 unspecified atom stereocenters. The number of hydrogen-bond donors (Lipinski definition) is 2. The van der Waals surface area contributed by atoms with E-state index in [2.05, 4.69) is 25.6 Å². The minimum absolute atomic E-state index is 0.327. The van der Waals surface area contributed by atoms with E-state index in [0.717, 1.165) is 0 Å². The smallest absolute Gasteiger partial charge is 0.258 e. The van der Waals surface area contributed by atoms with Gasteiger partial charge in [0.1, 0.15) is 11.6 Å². The molecule has 0 atom stereocenters. The monoisotopic (exact) mass is 319 g/mol. The normalized spacial score (nSPS) is 10.0. The Morgan fingerprint density at radius 2 is 1.21 bits per heavy atom. The van der Waals surface area contributed by atoms with Crippen LogP contribution < -0.4 is 10.6 Å². The van der Waals surface area contributed by atoms with Crippen LogP contribution in [0, 0.1) is 0 Å². The standard InChI is InChI=1S/C17H13N5O2/c23-16(12-4-2-8-18-10-12)21-14-6-1-7-15(20-14)22-17(24)13-5-3-9-19-11-13/h1-11H,(H2,20,21,22,23,24). The van der Waals surface area contributed by atoms with Gasteiger partial charge < -0.3 is 10.6 Å². The van der Waals surface area contributed by atoms with Crippen molar-refractivity contribution in [3.63, 3.8) is 0 Å². The number of nitrogens with zero attached hydrogens (tertiary/aromatic N) is 3. The number of pyridine rings is 3. The zero-order valence-electron chi connectivity index (χ0n) is 12.5. The van der Waals surface area contributed by atoms with Crippen molar-refractivity contribution in [1.29, 1.82) is 0 Å². The maximum absolute atomic E-state index is 12.1. The molecule has 7 nitrogen and oxygen atoms in total. The van der Waals surface area contributed by atoms with Crippen LogP contribution in [0.15, 0.2) is 67.3 Å². The minimum Gasteiger partial charge on any atom is -0.306 e. The van der Waals surface area contributed by atoms with E-state index in [-0.39, 0.29) is 11.8 Å². The lowest BCUT2D eigenvalue weighted by atomic mass is 10.2. The molecule has 0 saturated heterocycles. The molecule has 0 aliphatic heterocycles. The Kier molecular flexibility index (Phi) is 4.52. The van der Waals surface area contributed by atoms with Crippen LogP contribution in [-0.2, 0) is 0 Å². The van der Waals surface area contributed by atoms with Crippen molar-refractivity contribution < 1.29 is 9.59 Å². The van der Waals surface area contributed by atoms with Crippen LogP contribution in [0.3, 0.4) is 0 Å². The molecule has 7 heteroatoms. The van der Waals surface area contributed by atoms with Gasteiger partial charge in [-0.1, -0.05) is 6.07 Å². The van der Waals surface area contributed by atoms with Gasteiger partial charge in [0.15, 0.2) is 0 Å². The molecule has 0 saturated carbocycles. The molecule has 3 heterocycles. The number of carbonyl (C=O) groups excluding carboxylic acids is 2. The fourth-order valence-electron chi connectivity index (χ4n) is 1.95. The predicted octanol–water partition coefficient (Wildman–Crippen LogP) is 2.38. The fourth-order valence-corrected chi connectivity index (χ4v) is 1.95. The number of amides is 2. The molecule has 3 rings (SSSR count). The summed E-state index contributed by atoms with van der Waals surface area (Å²) in [5.74, 6) is -0.00153. The number of nitrogens with one attached hydrogen (secondary N) is 2. The predicted molar refractivity (Wildman–Crippen MR) is 88.6 cm³/mol. The summed E-state index contributed by atoms with van der Waals surface area (Å²) in [5.41, 5.74) is 0.841. The molecule has 0 aliphatic rings. The summed E-state index contributed by atoms with van der Waals surface area (Å²) >= 11 is 0. The van der Waals surface area contributed by atoms with Crippen molar-refractivity contribution in [3.8, 4) is 0 Å². The second-order valence-corrected chi connectivity index (χ2v) is 4.80. The van der Waals surface area contributed by atoms with Gasteiger partial charge in [-0.3, -0.25) is 19.6 Å². The lowest BCUT2D eigenvalue weighted by Crippen LogP contribution is -2.16. The molecule has 2 N–H and O–H groups in total. The third-order valence-corrected chi connectivity index (χ3v) is 3.08. The van der Waals surface area contributed by atoms with Gasteiger partial charge in [0.05, 0.1) is 11.1 Å². The average molecular weight is 319 g/mol. The SMILES string of the molecule is O=C(Nc1cccc(NC(=O)c2cccnc2)n1)c1cccnc1. The molecule has 0 spiro atoms. The Morgan fingerprint density at radius 1 is 0.708 bits per heavy atom. The maximum atomic E-state index is 12.1. The molecule has 0 aromatic carbocycles. The molecule has 0 bridgehead atoms. The molecule has 3 aromatic rings. The van der Waals surface area contributed by atoms with E-state index >= 15 is 0 Å². The van der Waals surface area contributed by atoms with Crippen molar-refractivity contribution in [2.45, 2.75) is 0 Å². The second-order valence-electron chi connectivity index (χ2n) is 4.80. The van der Waals surface area contributed by atoms with E-state index in [0.29, 0.717) is 22.8 Å². The number of hydrogen-bond acceptors (Lipinski definition) is 5. The molecular weight excluding hydrogens is 306 g/mol. The Hall–Kier alpha value is -3.61. The minimum atomic E-state index is -0.327. The number of carbonyl (C=O) groups is 2. The Balaban J connectivity index is 1.70. The highest BCUT2D eigenvalue weighted by atomic mass is 16.2. The van der Waals surface area contributed by atoms with Gasteiger partial charge in [0, 0.05) is 24.8 Å². The van der Waals surface area contributed by atoms with Crippen molar-refractivity contribution >= 4 is 23.5 Å². The highest BCUT2D eigenvalue weighted by molar-refractivity contribution is 6.05. The van der Waals surface area contributed by atoms with Crippen LogP contribution in [0.2, 0.25) is 0 Å². The van der Waals surface area contributed by atoms with Gasteiger partial charge >= 0.3 is 0 Å². The zero-order chi connectivity index (χ0) is 16.8. The average Bonchev–Trinajstić information content (AvgIpc) is 2.63. The van der Waals surface area contributed by atoms with E-state index in [4.69, 9.17) is 0 Å². The highest BCUT2D eigenvalue weighted by Crippen LogP contribution is 2.12. The molecule has 3 aromatic heterocycles. The van der Waals surface area contributed by atoms with Crippen LogP contribution in [-0.4, -0.2) is 26.8 Å². The first-order chi connectivity index (χ1) is 11.7. The molecule has 2 amide bonds. The van der Waals surface area contributed by atoms with Gasteiger partial charge in [-0.2, -0.15) is 0 Å². The summed E-state index contributed by atoms with van der Waals surface area (Å²) in [5, 5.41) is 5.32. The lowest BCUT2D eigenvalue weighted by Gasteiger charge is -2.07. The first-order valence-corrected chi connectivity index (χ1v) is 7.12. The summed E-state index contributed by atoms with van der Waals surface area (Å²) < 4.78 is 0. The third-order valence-electron chi connectivity index (χ3n) is 3.08. The van der Waals surface area contributed by atoms with Crippen LogP contribution in [0.5, 0.6) is 0 Å². The Morgan fingerprint density at radius 3 is 1.62 bits per heavy atom. The van der Waals surface area contributed by atoms with Crippen molar-refractivity contribution in [1.82, 2.24) is 15.0 Å². The van der Waals surface area contributed by atoms with Crippen molar-refractivity contribution in [2.75, 3.05) is 10.6 Å².